The zero-order valence-corrected chi connectivity index (χ0v) is 15.2. The number of hydrogen-bond acceptors (Lipinski definition) is 5. The molecule has 1 atom stereocenters. The molecule has 0 spiro atoms. The van der Waals surface area contributed by atoms with Crippen LogP contribution in [0.4, 0.5) is 0 Å². The highest BCUT2D eigenvalue weighted by Gasteiger charge is 2.25. The summed E-state index contributed by atoms with van der Waals surface area (Å²) >= 11 is 0. The van der Waals surface area contributed by atoms with E-state index in [0.717, 1.165) is 49.8 Å². The Morgan fingerprint density at radius 2 is 1.92 bits per heavy atom. The van der Waals surface area contributed by atoms with Crippen LogP contribution in [0.15, 0.2) is 42.5 Å². The van der Waals surface area contributed by atoms with E-state index in [1.54, 1.807) is 0 Å². The Balaban J connectivity index is 1.72. The van der Waals surface area contributed by atoms with Crippen LogP contribution >= 0.6 is 0 Å². The van der Waals surface area contributed by atoms with Crippen molar-refractivity contribution in [2.45, 2.75) is 19.4 Å². The Labute approximate surface area is 154 Å². The Morgan fingerprint density at radius 3 is 2.85 bits per heavy atom. The van der Waals surface area contributed by atoms with Crippen molar-refractivity contribution in [1.82, 2.24) is 10.2 Å². The van der Waals surface area contributed by atoms with Crippen LogP contribution in [0.3, 0.4) is 0 Å². The lowest BCUT2D eigenvalue weighted by molar-refractivity contribution is 0.173. The molecule has 138 valence electrons. The summed E-state index contributed by atoms with van der Waals surface area (Å²) in [6.07, 6.45) is 1.15. The summed E-state index contributed by atoms with van der Waals surface area (Å²) < 4.78 is 16.9. The van der Waals surface area contributed by atoms with Gasteiger partial charge in [0.25, 0.3) is 0 Å². The van der Waals surface area contributed by atoms with E-state index in [4.69, 9.17) is 14.2 Å². The quantitative estimate of drug-likeness (QED) is 0.893. The Kier molecular flexibility index (Phi) is 5.27. The van der Waals surface area contributed by atoms with Gasteiger partial charge in [-0.3, -0.25) is 4.90 Å². The molecule has 2 aliphatic heterocycles. The van der Waals surface area contributed by atoms with Crippen molar-refractivity contribution >= 4 is 0 Å². The molecule has 5 nitrogen and oxygen atoms in total. The Bertz CT molecular complexity index is 742. The highest BCUT2D eigenvalue weighted by molar-refractivity contribution is 5.47. The highest BCUT2D eigenvalue weighted by atomic mass is 16.7. The number of rotatable bonds is 5. The summed E-state index contributed by atoms with van der Waals surface area (Å²) in [5, 5.41) is 3.50. The highest BCUT2D eigenvalue weighted by Crippen LogP contribution is 2.38. The van der Waals surface area contributed by atoms with E-state index >= 15 is 0 Å². The minimum absolute atomic E-state index is 0.171. The summed E-state index contributed by atoms with van der Waals surface area (Å²) in [5.74, 6) is 2.58. The van der Waals surface area contributed by atoms with Gasteiger partial charge in [-0.2, -0.15) is 0 Å². The number of nitrogens with one attached hydrogen (secondary N) is 1. The van der Waals surface area contributed by atoms with Crippen molar-refractivity contribution in [3.05, 3.63) is 53.6 Å². The molecule has 1 unspecified atom stereocenters. The number of hydrogen-bond donors (Lipinski definition) is 1. The zero-order chi connectivity index (χ0) is 17.8. The van der Waals surface area contributed by atoms with Gasteiger partial charge in [-0.05, 0) is 55.3 Å². The van der Waals surface area contributed by atoms with Gasteiger partial charge in [0.1, 0.15) is 5.75 Å². The van der Waals surface area contributed by atoms with Crippen LogP contribution in [0.2, 0.25) is 0 Å². The van der Waals surface area contributed by atoms with Crippen LogP contribution in [0, 0.1) is 0 Å². The summed E-state index contributed by atoms with van der Waals surface area (Å²) in [7, 11) is 0. The lowest BCUT2D eigenvalue weighted by atomic mass is 9.96. The van der Waals surface area contributed by atoms with E-state index in [1.807, 2.05) is 19.1 Å². The van der Waals surface area contributed by atoms with Crippen LogP contribution in [-0.4, -0.2) is 44.5 Å². The molecule has 1 N–H and O–H groups in total. The minimum Gasteiger partial charge on any atom is -0.494 e. The van der Waals surface area contributed by atoms with Gasteiger partial charge >= 0.3 is 0 Å². The minimum atomic E-state index is 0.171. The van der Waals surface area contributed by atoms with Crippen LogP contribution in [0.5, 0.6) is 17.2 Å². The van der Waals surface area contributed by atoms with Crippen molar-refractivity contribution in [3.63, 3.8) is 0 Å². The van der Waals surface area contributed by atoms with E-state index in [2.05, 4.69) is 40.5 Å². The molecule has 2 aromatic carbocycles. The second-order valence-corrected chi connectivity index (χ2v) is 6.66. The van der Waals surface area contributed by atoms with Gasteiger partial charge in [0.05, 0.1) is 12.6 Å². The molecule has 2 heterocycles. The zero-order valence-electron chi connectivity index (χ0n) is 15.2. The second-order valence-electron chi connectivity index (χ2n) is 6.66. The second kappa shape index (κ2) is 7.98. The summed E-state index contributed by atoms with van der Waals surface area (Å²) in [5.41, 5.74) is 2.47. The van der Waals surface area contributed by atoms with Gasteiger partial charge in [-0.15, -0.1) is 0 Å². The van der Waals surface area contributed by atoms with Gasteiger partial charge in [0, 0.05) is 19.6 Å². The first-order valence-corrected chi connectivity index (χ1v) is 9.42. The Hall–Kier alpha value is -2.24. The van der Waals surface area contributed by atoms with Crippen molar-refractivity contribution < 1.29 is 14.2 Å². The lowest BCUT2D eigenvalue weighted by Gasteiger charge is -2.31. The first-order valence-electron chi connectivity index (χ1n) is 9.42. The van der Waals surface area contributed by atoms with Gasteiger partial charge < -0.3 is 19.5 Å². The summed E-state index contributed by atoms with van der Waals surface area (Å²) in [6, 6.07) is 14.9. The molecule has 0 aliphatic carbocycles. The molecule has 0 aromatic heterocycles. The van der Waals surface area contributed by atoms with Crippen molar-refractivity contribution in [2.75, 3.05) is 39.6 Å². The maximum atomic E-state index is 5.74. The normalized spacial score (nSPS) is 18.3. The first kappa shape index (κ1) is 17.2. The monoisotopic (exact) mass is 354 g/mol. The summed E-state index contributed by atoms with van der Waals surface area (Å²) in [4.78, 5) is 2.54. The largest absolute Gasteiger partial charge is 0.494 e. The molecule has 2 aliphatic rings. The number of fused-ring (bicyclic) bond motifs is 1. The molecule has 1 fully saturated rings. The smallest absolute Gasteiger partial charge is 0.231 e. The maximum Gasteiger partial charge on any atom is 0.231 e. The van der Waals surface area contributed by atoms with Gasteiger partial charge in [0.2, 0.25) is 6.79 Å². The van der Waals surface area contributed by atoms with E-state index in [-0.39, 0.29) is 6.04 Å². The van der Waals surface area contributed by atoms with E-state index in [9.17, 15) is 0 Å². The SMILES string of the molecule is CCOc1cccc(C(c2ccc3c(c2)OCO3)N2CCCNCC2)c1. The topological polar surface area (TPSA) is 43.0 Å². The molecule has 0 bridgehead atoms. The van der Waals surface area contributed by atoms with Crippen LogP contribution in [0.1, 0.15) is 30.5 Å². The molecule has 2 aromatic rings. The predicted octanol–water partition coefficient (Wildman–Crippen LogP) is 3.20. The van der Waals surface area contributed by atoms with Crippen molar-refractivity contribution in [3.8, 4) is 17.2 Å². The standard InChI is InChI=1S/C21H26N2O3/c1-2-24-18-6-3-5-16(13-18)21(23-11-4-9-22-10-12-23)17-7-8-19-20(14-17)26-15-25-19/h3,5-8,13-14,21-22H,2,4,9-12,15H2,1H3. The molecule has 0 radical (unpaired) electrons. The molecule has 0 amide bonds. The molecule has 5 heteroatoms. The number of nitrogens with zero attached hydrogens (tertiary/aromatic N) is 1. The third-order valence-corrected chi connectivity index (χ3v) is 4.94. The van der Waals surface area contributed by atoms with Crippen molar-refractivity contribution in [1.29, 1.82) is 0 Å². The third kappa shape index (κ3) is 3.64. The molecular weight excluding hydrogens is 328 g/mol. The number of ether oxygens (including phenoxy) is 3. The average molecular weight is 354 g/mol. The molecule has 4 rings (SSSR count). The van der Waals surface area contributed by atoms with Gasteiger partial charge in [0.15, 0.2) is 11.5 Å². The first-order chi connectivity index (χ1) is 12.8. The molecular formula is C21H26N2O3. The lowest BCUT2D eigenvalue weighted by Crippen LogP contribution is -2.33. The molecule has 26 heavy (non-hydrogen) atoms. The summed E-state index contributed by atoms with van der Waals surface area (Å²) in [6.45, 7) is 7.14. The fraction of sp³-hybridized carbons (Fsp3) is 0.429. The number of benzene rings is 2. The van der Waals surface area contributed by atoms with Crippen LogP contribution < -0.4 is 19.5 Å². The third-order valence-electron chi connectivity index (χ3n) is 4.94. The van der Waals surface area contributed by atoms with Crippen LogP contribution in [0.25, 0.3) is 0 Å². The molecule has 1 saturated heterocycles. The van der Waals surface area contributed by atoms with E-state index < -0.39 is 0 Å². The van der Waals surface area contributed by atoms with Gasteiger partial charge in [-0.25, -0.2) is 0 Å². The van der Waals surface area contributed by atoms with E-state index in [1.165, 1.54) is 11.1 Å². The van der Waals surface area contributed by atoms with E-state index in [0.29, 0.717) is 13.4 Å². The fourth-order valence-electron chi connectivity index (χ4n) is 3.76. The predicted molar refractivity (Wildman–Crippen MR) is 101 cm³/mol. The average Bonchev–Trinajstić information content (AvgIpc) is 2.97. The van der Waals surface area contributed by atoms with Crippen LogP contribution in [-0.2, 0) is 0 Å². The fourth-order valence-corrected chi connectivity index (χ4v) is 3.76. The van der Waals surface area contributed by atoms with Crippen molar-refractivity contribution in [2.24, 2.45) is 0 Å². The van der Waals surface area contributed by atoms with Gasteiger partial charge in [-0.1, -0.05) is 18.2 Å². The molecule has 0 saturated carbocycles. The maximum absolute atomic E-state index is 5.74. The Morgan fingerprint density at radius 1 is 1.04 bits per heavy atom.